The molecular weight excluding hydrogens is 304 g/mol. The van der Waals surface area contributed by atoms with Gasteiger partial charge in [-0.05, 0) is 30.8 Å². The standard InChI is InChI=1S/C14H14N4OS2/c1-3-15-12-11(19-2)13(17-8-16-12)21-14-18-9-6-4-5-7-10(9)20-14/h4-8H,3H2,1-2H3,(H,15,16,17). The smallest absolute Gasteiger partial charge is 0.194 e. The van der Waals surface area contributed by atoms with Gasteiger partial charge >= 0.3 is 0 Å². The summed E-state index contributed by atoms with van der Waals surface area (Å²) in [6, 6.07) is 8.09. The fourth-order valence-corrected chi connectivity index (χ4v) is 3.94. The number of thiazole rings is 1. The lowest BCUT2D eigenvalue weighted by Crippen LogP contribution is -2.03. The number of ether oxygens (including phenoxy) is 1. The number of hydrogen-bond donors (Lipinski definition) is 1. The van der Waals surface area contributed by atoms with E-state index in [4.69, 9.17) is 4.74 Å². The van der Waals surface area contributed by atoms with E-state index in [-0.39, 0.29) is 0 Å². The first-order valence-corrected chi connectivity index (χ1v) is 8.11. The number of rotatable bonds is 5. The minimum absolute atomic E-state index is 0.656. The summed E-state index contributed by atoms with van der Waals surface area (Å²) < 4.78 is 7.55. The van der Waals surface area contributed by atoms with Crippen LogP contribution in [0, 0.1) is 0 Å². The molecule has 2 aromatic heterocycles. The maximum atomic E-state index is 5.44. The van der Waals surface area contributed by atoms with Crippen molar-refractivity contribution in [3.63, 3.8) is 0 Å². The molecule has 0 atom stereocenters. The molecule has 3 rings (SSSR count). The van der Waals surface area contributed by atoms with Gasteiger partial charge in [-0.25, -0.2) is 15.0 Å². The van der Waals surface area contributed by atoms with Crippen molar-refractivity contribution < 1.29 is 4.74 Å². The molecule has 0 amide bonds. The summed E-state index contributed by atoms with van der Waals surface area (Å²) in [5.41, 5.74) is 1.00. The molecule has 0 fully saturated rings. The Labute approximate surface area is 130 Å². The highest BCUT2D eigenvalue weighted by molar-refractivity contribution is 8.01. The Hall–Kier alpha value is -1.86. The summed E-state index contributed by atoms with van der Waals surface area (Å²) in [4.78, 5) is 13.1. The summed E-state index contributed by atoms with van der Waals surface area (Å²) in [5.74, 6) is 1.36. The number of aromatic nitrogens is 3. The first kappa shape index (κ1) is 14.1. The molecule has 1 N–H and O–H groups in total. The molecule has 108 valence electrons. The van der Waals surface area contributed by atoms with E-state index < -0.39 is 0 Å². The van der Waals surface area contributed by atoms with Crippen LogP contribution in [0.15, 0.2) is 40.0 Å². The second-order valence-electron chi connectivity index (χ2n) is 4.14. The largest absolute Gasteiger partial charge is 0.490 e. The van der Waals surface area contributed by atoms with Crippen molar-refractivity contribution in [3.8, 4) is 5.75 Å². The quantitative estimate of drug-likeness (QED) is 0.724. The first-order chi connectivity index (χ1) is 10.3. The van der Waals surface area contributed by atoms with E-state index in [0.717, 1.165) is 21.4 Å². The van der Waals surface area contributed by atoms with Gasteiger partial charge in [0.2, 0.25) is 0 Å². The zero-order chi connectivity index (χ0) is 14.7. The van der Waals surface area contributed by atoms with Crippen LogP contribution < -0.4 is 10.1 Å². The molecule has 0 aliphatic carbocycles. The van der Waals surface area contributed by atoms with Crippen molar-refractivity contribution in [2.75, 3.05) is 19.0 Å². The van der Waals surface area contributed by atoms with Crippen molar-refractivity contribution in [1.82, 2.24) is 15.0 Å². The highest BCUT2D eigenvalue weighted by atomic mass is 32.2. The second kappa shape index (κ2) is 6.28. The van der Waals surface area contributed by atoms with Gasteiger partial charge in [-0.1, -0.05) is 12.1 Å². The molecule has 21 heavy (non-hydrogen) atoms. The molecule has 7 heteroatoms. The van der Waals surface area contributed by atoms with Crippen LogP contribution in [-0.2, 0) is 0 Å². The van der Waals surface area contributed by atoms with Crippen LogP contribution >= 0.6 is 23.1 Å². The Kier molecular flexibility index (Phi) is 4.21. The van der Waals surface area contributed by atoms with Crippen molar-refractivity contribution >= 4 is 39.1 Å². The van der Waals surface area contributed by atoms with E-state index in [1.807, 2.05) is 25.1 Å². The fourth-order valence-electron chi connectivity index (χ4n) is 1.89. The molecule has 0 spiro atoms. The van der Waals surface area contributed by atoms with Crippen molar-refractivity contribution in [2.45, 2.75) is 16.3 Å². The Bertz CT molecular complexity index is 727. The summed E-state index contributed by atoms with van der Waals surface area (Å²) in [7, 11) is 1.63. The summed E-state index contributed by atoms with van der Waals surface area (Å²) >= 11 is 3.14. The van der Waals surface area contributed by atoms with Gasteiger partial charge in [0.25, 0.3) is 0 Å². The highest BCUT2D eigenvalue weighted by Gasteiger charge is 2.15. The van der Waals surface area contributed by atoms with Crippen LogP contribution in [0.5, 0.6) is 5.75 Å². The van der Waals surface area contributed by atoms with Crippen molar-refractivity contribution in [2.24, 2.45) is 0 Å². The van der Waals surface area contributed by atoms with E-state index in [1.165, 1.54) is 22.8 Å². The molecule has 0 bridgehead atoms. The molecule has 0 saturated heterocycles. The third-order valence-electron chi connectivity index (χ3n) is 2.78. The Morgan fingerprint density at radius 1 is 1.29 bits per heavy atom. The molecule has 0 aliphatic heterocycles. The van der Waals surface area contributed by atoms with Gasteiger partial charge in [-0.3, -0.25) is 0 Å². The van der Waals surface area contributed by atoms with Crippen LogP contribution in [0.1, 0.15) is 6.92 Å². The SMILES string of the molecule is CCNc1ncnc(Sc2nc3ccccc3s2)c1OC. The van der Waals surface area contributed by atoms with Gasteiger partial charge in [0, 0.05) is 6.54 Å². The number of hydrogen-bond acceptors (Lipinski definition) is 7. The highest BCUT2D eigenvalue weighted by Crippen LogP contribution is 2.39. The van der Waals surface area contributed by atoms with Crippen molar-refractivity contribution in [3.05, 3.63) is 30.6 Å². The maximum Gasteiger partial charge on any atom is 0.194 e. The predicted octanol–water partition coefficient (Wildman–Crippen LogP) is 3.68. The maximum absolute atomic E-state index is 5.44. The van der Waals surface area contributed by atoms with Gasteiger partial charge in [-0.15, -0.1) is 11.3 Å². The molecule has 1 aromatic carbocycles. The third-order valence-corrected chi connectivity index (χ3v) is 4.86. The minimum Gasteiger partial charge on any atom is -0.490 e. The fraction of sp³-hybridized carbons (Fsp3) is 0.214. The lowest BCUT2D eigenvalue weighted by molar-refractivity contribution is 0.400. The summed E-state index contributed by atoms with van der Waals surface area (Å²) in [6.45, 7) is 2.79. The van der Waals surface area contributed by atoms with Gasteiger partial charge < -0.3 is 10.1 Å². The Balaban J connectivity index is 1.95. The summed E-state index contributed by atoms with van der Waals surface area (Å²) in [6.07, 6.45) is 1.54. The molecule has 0 aliphatic rings. The van der Waals surface area contributed by atoms with Gasteiger partial charge in [0.15, 0.2) is 20.9 Å². The molecule has 0 unspecified atom stereocenters. The zero-order valence-corrected chi connectivity index (χ0v) is 13.3. The van der Waals surface area contributed by atoms with Gasteiger partial charge in [0.1, 0.15) is 6.33 Å². The monoisotopic (exact) mass is 318 g/mol. The van der Waals surface area contributed by atoms with Crippen LogP contribution in [0.4, 0.5) is 5.82 Å². The number of para-hydroxylation sites is 1. The predicted molar refractivity (Wildman–Crippen MR) is 86.5 cm³/mol. The number of benzene rings is 1. The number of nitrogens with zero attached hydrogens (tertiary/aromatic N) is 3. The van der Waals surface area contributed by atoms with Crippen LogP contribution in [0.25, 0.3) is 10.2 Å². The molecule has 3 aromatic rings. The van der Waals surface area contributed by atoms with E-state index >= 15 is 0 Å². The molecule has 0 radical (unpaired) electrons. The molecule has 0 saturated carbocycles. The number of anilines is 1. The number of methoxy groups -OCH3 is 1. The normalized spacial score (nSPS) is 10.8. The van der Waals surface area contributed by atoms with Gasteiger partial charge in [-0.2, -0.15) is 0 Å². The van der Waals surface area contributed by atoms with E-state index in [0.29, 0.717) is 11.6 Å². The average molecular weight is 318 g/mol. The third kappa shape index (κ3) is 2.93. The average Bonchev–Trinajstić information content (AvgIpc) is 2.90. The van der Waals surface area contributed by atoms with Crippen LogP contribution in [0.3, 0.4) is 0 Å². The van der Waals surface area contributed by atoms with E-state index in [9.17, 15) is 0 Å². The topological polar surface area (TPSA) is 59.9 Å². The number of fused-ring (bicyclic) bond motifs is 1. The lowest BCUT2D eigenvalue weighted by atomic mass is 10.3. The molecule has 5 nitrogen and oxygen atoms in total. The Morgan fingerprint density at radius 3 is 2.90 bits per heavy atom. The van der Waals surface area contributed by atoms with Crippen molar-refractivity contribution in [1.29, 1.82) is 0 Å². The van der Waals surface area contributed by atoms with Crippen LogP contribution in [0.2, 0.25) is 0 Å². The van der Waals surface area contributed by atoms with E-state index in [2.05, 4.69) is 26.3 Å². The number of nitrogens with one attached hydrogen (secondary N) is 1. The first-order valence-electron chi connectivity index (χ1n) is 6.48. The minimum atomic E-state index is 0.656. The molecule has 2 heterocycles. The summed E-state index contributed by atoms with van der Waals surface area (Å²) in [5, 5.41) is 3.94. The zero-order valence-electron chi connectivity index (χ0n) is 11.7. The second-order valence-corrected chi connectivity index (χ2v) is 6.41. The van der Waals surface area contributed by atoms with E-state index in [1.54, 1.807) is 18.4 Å². The Morgan fingerprint density at radius 2 is 2.14 bits per heavy atom. The van der Waals surface area contributed by atoms with Crippen LogP contribution in [-0.4, -0.2) is 28.6 Å². The lowest BCUT2D eigenvalue weighted by Gasteiger charge is -2.10. The molecular formula is C14H14N4OS2. The van der Waals surface area contributed by atoms with Gasteiger partial charge in [0.05, 0.1) is 17.3 Å².